The molecule has 0 saturated carbocycles. The van der Waals surface area contributed by atoms with E-state index in [9.17, 15) is 17.6 Å². The number of hydrogen-bond acceptors (Lipinski definition) is 5. The minimum atomic E-state index is -1.04. The zero-order valence-electron chi connectivity index (χ0n) is 47.4. The minimum absolute atomic E-state index is 0.0365. The number of ether oxygens (including phenoxy) is 1. The lowest BCUT2D eigenvalue weighted by atomic mass is 10.1. The third kappa shape index (κ3) is 27.9. The normalized spacial score (nSPS) is 11.8. The van der Waals surface area contributed by atoms with E-state index in [0.717, 1.165) is 49.7 Å². The molecule has 0 bridgehead atoms. The zero-order valence-corrected chi connectivity index (χ0v) is 51.5. The molecule has 72 heavy (non-hydrogen) atoms. The van der Waals surface area contributed by atoms with E-state index in [2.05, 4.69) is 106 Å². The Morgan fingerprint density at radius 3 is 1.39 bits per heavy atom. The predicted molar refractivity (Wildman–Crippen MR) is 313 cm³/mol. The minimum Gasteiger partial charge on any atom is -0.490 e. The molecule has 13 heteroatoms. The van der Waals surface area contributed by atoms with Gasteiger partial charge in [0, 0.05) is 57.8 Å². The van der Waals surface area contributed by atoms with Crippen molar-refractivity contribution >= 4 is 33.0 Å². The molecule has 0 aliphatic rings. The third-order valence-corrected chi connectivity index (χ3v) is 30.6. The standard InChI is InChI=1S/C32H54F2N2OSi2.C21H26F2N2.C6H18Si2/c1-7-8-9-10-13-16-19-27-24-35-32(36-25-27)28-20-21-29(31(34)30(28)33)37-22-17-14-11-12-15-18-23-39(5,6)26-38(2,3)4;1-3-5-6-7-8-9-11-16-14-24-21(25-15-16)18-13-12-17(10-4-2)19(22)20(18)23;1-7(2)6-8(3,4)5/h20-21,24-25H,7-19,22-23,26H2,1-6H3;4,12-15H,2-3,5-11H2,1H3;7H,6H2,1-5H3. The lowest BCUT2D eigenvalue weighted by Gasteiger charge is -2.29. The largest absolute Gasteiger partial charge is 0.490 e. The molecule has 0 spiro atoms. The van der Waals surface area contributed by atoms with Crippen molar-refractivity contribution < 1.29 is 22.3 Å². The number of hydrogen-bond donors (Lipinski definition) is 0. The number of benzene rings is 2. The number of nitrogens with zero attached hydrogens (tertiary/aromatic N) is 4. The molecule has 0 fully saturated rings. The molecule has 2 aromatic heterocycles. The fraction of sp³-hybridized carbons (Fsp3) is 0.627. The van der Waals surface area contributed by atoms with E-state index in [1.165, 1.54) is 120 Å². The van der Waals surface area contributed by atoms with Crippen LogP contribution in [0.3, 0.4) is 0 Å². The highest BCUT2D eigenvalue weighted by atomic mass is 28.4. The van der Waals surface area contributed by atoms with Crippen molar-refractivity contribution in [3.05, 3.63) is 102 Å². The second kappa shape index (κ2) is 35.1. The van der Waals surface area contributed by atoms with Crippen LogP contribution >= 0.6 is 0 Å². The molecule has 4 aromatic rings. The fourth-order valence-corrected chi connectivity index (χ4v) is 32.9. The summed E-state index contributed by atoms with van der Waals surface area (Å²) in [4.78, 5) is 17.0. The highest BCUT2D eigenvalue weighted by Crippen LogP contribution is 2.30. The molecule has 0 aliphatic carbocycles. The first kappa shape index (κ1) is 64.8. The monoisotopic (exact) mass is 1070 g/mol. The summed E-state index contributed by atoms with van der Waals surface area (Å²) in [6, 6.07) is 7.54. The topological polar surface area (TPSA) is 60.8 Å². The Kier molecular flexibility index (Phi) is 31.6. The molecular weight excluding hydrogens is 969 g/mol. The first-order valence-corrected chi connectivity index (χ1v) is 41.9. The Morgan fingerprint density at radius 2 is 0.958 bits per heavy atom. The van der Waals surface area contributed by atoms with Gasteiger partial charge in [-0.2, -0.15) is 4.39 Å². The van der Waals surface area contributed by atoms with E-state index in [1.54, 1.807) is 42.6 Å². The van der Waals surface area contributed by atoms with Crippen LogP contribution in [0.2, 0.25) is 82.8 Å². The lowest BCUT2D eigenvalue weighted by molar-refractivity contribution is 0.285. The third-order valence-electron chi connectivity index (χ3n) is 12.6. The maximum Gasteiger partial charge on any atom is 0.201 e. The van der Waals surface area contributed by atoms with Gasteiger partial charge in [-0.3, -0.25) is 0 Å². The summed E-state index contributed by atoms with van der Waals surface area (Å²) in [6.07, 6.45) is 32.3. The molecule has 0 unspecified atom stereocenters. The van der Waals surface area contributed by atoms with Crippen LogP contribution in [-0.2, 0) is 19.3 Å². The van der Waals surface area contributed by atoms with Crippen molar-refractivity contribution in [3.8, 4) is 28.5 Å². The second-order valence-electron chi connectivity index (χ2n) is 23.8. The van der Waals surface area contributed by atoms with Crippen LogP contribution in [0.4, 0.5) is 17.6 Å². The molecule has 2 aromatic carbocycles. The van der Waals surface area contributed by atoms with Gasteiger partial charge in [0.05, 0.1) is 17.7 Å². The van der Waals surface area contributed by atoms with Crippen molar-refractivity contribution in [2.75, 3.05) is 6.61 Å². The van der Waals surface area contributed by atoms with Gasteiger partial charge in [0.15, 0.2) is 34.8 Å². The highest BCUT2D eigenvalue weighted by molar-refractivity contribution is 6.94. The van der Waals surface area contributed by atoms with E-state index < -0.39 is 47.5 Å². The molecule has 2 heterocycles. The first-order chi connectivity index (χ1) is 34.1. The summed E-state index contributed by atoms with van der Waals surface area (Å²) in [5.74, 6) is -3.27. The van der Waals surface area contributed by atoms with Crippen molar-refractivity contribution in [1.29, 1.82) is 0 Å². The Bertz CT molecular complexity index is 2090. The smallest absolute Gasteiger partial charge is 0.201 e. The van der Waals surface area contributed by atoms with Gasteiger partial charge >= 0.3 is 0 Å². The Hall–Kier alpha value is -3.27. The fourth-order valence-electron chi connectivity index (χ4n) is 9.70. The Balaban J connectivity index is 0.000000456. The van der Waals surface area contributed by atoms with Gasteiger partial charge in [0.1, 0.15) is 0 Å². The van der Waals surface area contributed by atoms with Crippen molar-refractivity contribution in [3.63, 3.8) is 0 Å². The van der Waals surface area contributed by atoms with Gasteiger partial charge < -0.3 is 4.74 Å². The summed E-state index contributed by atoms with van der Waals surface area (Å²) in [5.41, 5.74) is 5.64. The van der Waals surface area contributed by atoms with Gasteiger partial charge in [-0.1, -0.05) is 205 Å². The van der Waals surface area contributed by atoms with E-state index in [-0.39, 0.29) is 42.9 Å². The van der Waals surface area contributed by atoms with E-state index in [1.807, 2.05) is 0 Å². The summed E-state index contributed by atoms with van der Waals surface area (Å²) in [7, 11) is -2.89. The average molecular weight is 1070 g/mol. The molecule has 4 rings (SSSR count). The van der Waals surface area contributed by atoms with Gasteiger partial charge in [0.25, 0.3) is 0 Å². The average Bonchev–Trinajstić information content (AvgIpc) is 3.30. The second-order valence-corrected chi connectivity index (χ2v) is 44.7. The van der Waals surface area contributed by atoms with Crippen molar-refractivity contribution in [1.82, 2.24) is 19.9 Å². The van der Waals surface area contributed by atoms with E-state index in [4.69, 9.17) is 4.74 Å². The van der Waals surface area contributed by atoms with E-state index >= 15 is 0 Å². The Labute approximate surface area is 441 Å². The number of aromatic nitrogens is 4. The van der Waals surface area contributed by atoms with Crippen LogP contribution in [0.1, 0.15) is 146 Å². The van der Waals surface area contributed by atoms with Gasteiger partial charge in [-0.25, -0.2) is 33.1 Å². The number of rotatable bonds is 32. The van der Waals surface area contributed by atoms with Gasteiger partial charge in [0.2, 0.25) is 5.82 Å². The zero-order chi connectivity index (χ0) is 53.6. The molecule has 0 N–H and O–H groups in total. The predicted octanol–water partition coefficient (Wildman–Crippen LogP) is 19.0. The van der Waals surface area contributed by atoms with Crippen LogP contribution in [0.15, 0.2) is 61.7 Å². The number of halogens is 4. The van der Waals surface area contributed by atoms with Crippen LogP contribution in [0.5, 0.6) is 5.75 Å². The van der Waals surface area contributed by atoms with Crippen LogP contribution < -0.4 is 4.74 Å². The maximum atomic E-state index is 14.8. The van der Waals surface area contributed by atoms with Gasteiger partial charge in [-0.15, -0.1) is 6.58 Å². The number of unbranched alkanes of at least 4 members (excludes halogenated alkanes) is 15. The molecular formula is C59H98F4N4OSi4. The Morgan fingerprint density at radius 1 is 0.528 bits per heavy atom. The molecule has 5 nitrogen and oxygen atoms in total. The van der Waals surface area contributed by atoms with Gasteiger partial charge in [-0.05, 0) is 73.4 Å². The molecule has 0 amide bonds. The SMILES string of the molecule is C=CCc1ccc(-c2ncc(CCCCCCCC)cn2)c(F)c1F.CCCCCCCCc1cnc(-c2ccc(OCCCCCCCC[Si](C)(C)C[Si](C)(C)C)c(F)c2F)nc1.C[SiH](C)C[Si](C)(C)C. The molecule has 0 aliphatic heterocycles. The van der Waals surface area contributed by atoms with Crippen LogP contribution in [0, 0.1) is 23.3 Å². The van der Waals surface area contributed by atoms with Crippen LogP contribution in [-0.4, -0.2) is 59.6 Å². The molecule has 0 saturated heterocycles. The molecule has 0 radical (unpaired) electrons. The van der Waals surface area contributed by atoms with E-state index in [0.29, 0.717) is 13.0 Å². The quantitative estimate of drug-likeness (QED) is 0.0211. The number of allylic oxidation sites excluding steroid dienone is 1. The summed E-state index contributed by atoms with van der Waals surface area (Å²) in [5, 5.41) is 0. The van der Waals surface area contributed by atoms with Crippen LogP contribution in [0.25, 0.3) is 22.8 Å². The number of aryl methyl sites for hydroxylation is 2. The summed E-state index contributed by atoms with van der Waals surface area (Å²) < 4.78 is 63.3. The maximum absolute atomic E-state index is 14.8. The van der Waals surface area contributed by atoms with Crippen molar-refractivity contribution in [2.24, 2.45) is 0 Å². The highest BCUT2D eigenvalue weighted by Gasteiger charge is 2.28. The molecule has 0 atom stereocenters. The molecule has 404 valence electrons. The summed E-state index contributed by atoms with van der Waals surface area (Å²) in [6.45, 7) is 33.2. The summed E-state index contributed by atoms with van der Waals surface area (Å²) >= 11 is 0. The first-order valence-electron chi connectivity index (χ1n) is 27.9. The lowest BCUT2D eigenvalue weighted by Crippen LogP contribution is -2.37. The van der Waals surface area contributed by atoms with Crippen molar-refractivity contribution in [2.45, 2.75) is 232 Å².